The average molecular weight is 507 g/mol. The summed E-state index contributed by atoms with van der Waals surface area (Å²) in [7, 11) is 0. The van der Waals surface area contributed by atoms with Crippen LogP contribution in [0, 0.1) is 0 Å². The minimum Gasteiger partial charge on any atom is -0.492 e. The van der Waals surface area contributed by atoms with Gasteiger partial charge in [0.05, 0.1) is 11.8 Å². The van der Waals surface area contributed by atoms with Crippen LogP contribution in [-0.2, 0) is 19.1 Å². The van der Waals surface area contributed by atoms with Gasteiger partial charge in [0.1, 0.15) is 23.9 Å². The first-order valence-electron chi connectivity index (χ1n) is 10.6. The number of benzene rings is 2. The van der Waals surface area contributed by atoms with E-state index in [1.807, 2.05) is 60.7 Å². The zero-order valence-electron chi connectivity index (χ0n) is 18.1. The zero-order chi connectivity index (χ0) is 24.2. The van der Waals surface area contributed by atoms with Gasteiger partial charge in [-0.25, -0.2) is 4.79 Å². The molecule has 0 aliphatic carbocycles. The zero-order valence-corrected chi connectivity index (χ0v) is 19.8. The van der Waals surface area contributed by atoms with Crippen molar-refractivity contribution < 1.29 is 19.1 Å². The minimum atomic E-state index is -0.917. The lowest BCUT2D eigenvalue weighted by Gasteiger charge is -2.48. The van der Waals surface area contributed by atoms with Crippen molar-refractivity contribution in [3.8, 4) is 0 Å². The molecule has 1 saturated heterocycles. The second-order valence-corrected chi connectivity index (χ2v) is 9.66. The molecule has 3 aromatic rings. The van der Waals surface area contributed by atoms with E-state index in [4.69, 9.17) is 15.0 Å². The summed E-state index contributed by atoms with van der Waals surface area (Å²) in [6.45, 7) is 0.110. The summed E-state index contributed by atoms with van der Waals surface area (Å²) < 4.78 is 12.6. The van der Waals surface area contributed by atoms with E-state index >= 15 is 0 Å². The van der Waals surface area contributed by atoms with Gasteiger partial charge in [-0.15, -0.1) is 10.2 Å². The Bertz CT molecular complexity index is 1260. The number of azide groups is 1. The normalized spacial score (nSPS) is 18.9. The SMILES string of the molecule is [N-]=[N+]=NC1C(=O)N2C(C(=O)OC(c3ccccc3)c3ccccc3)=C(CSc3nncs3)OCC12. The first kappa shape index (κ1) is 22.9. The van der Waals surface area contributed by atoms with E-state index < -0.39 is 30.1 Å². The highest BCUT2D eigenvalue weighted by atomic mass is 32.2. The summed E-state index contributed by atoms with van der Waals surface area (Å²) in [5, 5.41) is 11.4. The van der Waals surface area contributed by atoms with Crippen LogP contribution in [-0.4, -0.2) is 51.4 Å². The fourth-order valence-corrected chi connectivity index (χ4v) is 5.40. The third kappa shape index (κ3) is 4.59. The van der Waals surface area contributed by atoms with Crippen molar-refractivity contribution in [3.05, 3.63) is 99.2 Å². The van der Waals surface area contributed by atoms with Crippen LogP contribution in [0.15, 0.2) is 87.1 Å². The van der Waals surface area contributed by atoms with E-state index in [1.165, 1.54) is 28.0 Å². The van der Waals surface area contributed by atoms with Crippen molar-refractivity contribution in [1.29, 1.82) is 0 Å². The van der Waals surface area contributed by atoms with E-state index in [-0.39, 0.29) is 18.1 Å². The molecule has 10 nitrogen and oxygen atoms in total. The molecule has 2 unspecified atom stereocenters. The Labute approximate surface area is 208 Å². The third-order valence-corrected chi connectivity index (χ3v) is 7.45. The van der Waals surface area contributed by atoms with Crippen LogP contribution in [0.25, 0.3) is 10.4 Å². The molecule has 0 spiro atoms. The molecule has 5 rings (SSSR count). The second kappa shape index (κ2) is 10.2. The van der Waals surface area contributed by atoms with Crippen LogP contribution in [0.3, 0.4) is 0 Å². The lowest BCUT2D eigenvalue weighted by Crippen LogP contribution is -2.67. The van der Waals surface area contributed by atoms with Crippen molar-refractivity contribution in [2.75, 3.05) is 12.4 Å². The molecule has 0 N–H and O–H groups in total. The first-order valence-corrected chi connectivity index (χ1v) is 12.5. The highest BCUT2D eigenvalue weighted by Crippen LogP contribution is 2.38. The van der Waals surface area contributed by atoms with E-state index in [0.29, 0.717) is 10.1 Å². The van der Waals surface area contributed by atoms with Crippen molar-refractivity contribution in [1.82, 2.24) is 15.1 Å². The highest BCUT2D eigenvalue weighted by molar-refractivity contribution is 8.01. The Balaban J connectivity index is 1.48. The smallest absolute Gasteiger partial charge is 0.359 e. The summed E-state index contributed by atoms with van der Waals surface area (Å²) in [5.74, 6) is -0.603. The number of β-lactam (4-membered cyclic amide) rings is 1. The molecular formula is C23H18N6O4S2. The standard InChI is InChI=1S/C23H18N6O4S2/c24-28-26-18-16-11-32-17(12-34-23-27-25-13-35-23)19(29(16)21(18)30)22(31)33-20(14-7-3-1-4-8-14)15-9-5-2-6-10-15/h1-10,13,16,18,20H,11-12H2. The molecule has 2 aliphatic rings. The molecule has 1 amide bonds. The Morgan fingerprint density at radius 2 is 1.91 bits per heavy atom. The average Bonchev–Trinajstić information content (AvgIpc) is 3.43. The molecule has 0 bridgehead atoms. The minimum absolute atomic E-state index is 0.0181. The Kier molecular flexibility index (Phi) is 6.66. The molecule has 3 heterocycles. The molecule has 2 aliphatic heterocycles. The molecule has 176 valence electrons. The number of nitrogens with zero attached hydrogens (tertiary/aromatic N) is 6. The van der Waals surface area contributed by atoms with Gasteiger partial charge in [-0.2, -0.15) is 0 Å². The molecule has 2 atom stereocenters. The molecule has 0 saturated carbocycles. The lowest BCUT2D eigenvalue weighted by atomic mass is 9.93. The van der Waals surface area contributed by atoms with Gasteiger partial charge >= 0.3 is 5.97 Å². The largest absolute Gasteiger partial charge is 0.492 e. The summed E-state index contributed by atoms with van der Waals surface area (Å²) in [6, 6.07) is 17.2. The molecular weight excluding hydrogens is 488 g/mol. The predicted molar refractivity (Wildman–Crippen MR) is 128 cm³/mol. The molecule has 0 radical (unpaired) electrons. The van der Waals surface area contributed by atoms with Crippen molar-refractivity contribution in [2.45, 2.75) is 22.5 Å². The van der Waals surface area contributed by atoms with E-state index in [0.717, 1.165) is 11.1 Å². The van der Waals surface area contributed by atoms with Crippen LogP contribution < -0.4 is 0 Å². The molecule has 35 heavy (non-hydrogen) atoms. The van der Waals surface area contributed by atoms with Crippen LogP contribution in [0.1, 0.15) is 17.2 Å². The monoisotopic (exact) mass is 506 g/mol. The number of amides is 1. The van der Waals surface area contributed by atoms with E-state index in [2.05, 4.69) is 20.2 Å². The van der Waals surface area contributed by atoms with Gasteiger partial charge in [0.2, 0.25) is 5.91 Å². The lowest BCUT2D eigenvalue weighted by molar-refractivity contribution is -0.160. The van der Waals surface area contributed by atoms with Gasteiger partial charge in [-0.05, 0) is 16.7 Å². The fraction of sp³-hybridized carbons (Fsp3) is 0.217. The fourth-order valence-electron chi connectivity index (χ4n) is 3.96. The number of ether oxygens (including phenoxy) is 2. The van der Waals surface area contributed by atoms with Crippen molar-refractivity contribution in [2.24, 2.45) is 5.11 Å². The van der Waals surface area contributed by atoms with Crippen LogP contribution in [0.2, 0.25) is 0 Å². The first-order chi connectivity index (χ1) is 17.2. The Hall–Kier alpha value is -3.86. The predicted octanol–water partition coefficient (Wildman–Crippen LogP) is 4.09. The quantitative estimate of drug-likeness (QED) is 0.112. The van der Waals surface area contributed by atoms with Crippen LogP contribution in [0.5, 0.6) is 0 Å². The molecule has 2 aromatic carbocycles. The van der Waals surface area contributed by atoms with E-state index in [1.54, 1.807) is 5.51 Å². The maximum Gasteiger partial charge on any atom is 0.359 e. The van der Waals surface area contributed by atoms with Gasteiger partial charge in [0, 0.05) is 4.91 Å². The summed E-state index contributed by atoms with van der Waals surface area (Å²) in [6.07, 6.45) is -0.695. The summed E-state index contributed by atoms with van der Waals surface area (Å²) >= 11 is 2.70. The maximum absolute atomic E-state index is 13.6. The number of esters is 1. The number of thioether (sulfide) groups is 1. The van der Waals surface area contributed by atoms with E-state index in [9.17, 15) is 9.59 Å². The van der Waals surface area contributed by atoms with Gasteiger partial charge in [0.25, 0.3) is 0 Å². The Morgan fingerprint density at radius 3 is 2.51 bits per heavy atom. The number of fused-ring (bicyclic) bond motifs is 1. The summed E-state index contributed by atoms with van der Waals surface area (Å²) in [5.41, 5.74) is 12.0. The molecule has 1 aromatic heterocycles. The number of hydrogen-bond donors (Lipinski definition) is 0. The number of hydrogen-bond acceptors (Lipinski definition) is 9. The number of aromatic nitrogens is 2. The highest BCUT2D eigenvalue weighted by Gasteiger charge is 2.54. The maximum atomic E-state index is 13.6. The van der Waals surface area contributed by atoms with Gasteiger partial charge in [-0.1, -0.05) is 88.9 Å². The topological polar surface area (TPSA) is 130 Å². The molecule has 1 fully saturated rings. The van der Waals surface area contributed by atoms with Gasteiger partial charge < -0.3 is 9.47 Å². The number of carbonyl (C=O) groups is 2. The van der Waals surface area contributed by atoms with Crippen molar-refractivity contribution >= 4 is 35.0 Å². The van der Waals surface area contributed by atoms with Gasteiger partial charge in [-0.3, -0.25) is 9.69 Å². The van der Waals surface area contributed by atoms with Crippen LogP contribution in [0.4, 0.5) is 0 Å². The summed E-state index contributed by atoms with van der Waals surface area (Å²) in [4.78, 5) is 30.6. The Morgan fingerprint density at radius 1 is 1.23 bits per heavy atom. The molecule has 12 heteroatoms. The number of carbonyl (C=O) groups excluding carboxylic acids is 2. The van der Waals surface area contributed by atoms with Crippen molar-refractivity contribution in [3.63, 3.8) is 0 Å². The van der Waals surface area contributed by atoms with Gasteiger partial charge in [0.15, 0.2) is 16.1 Å². The second-order valence-electron chi connectivity index (χ2n) is 7.61. The number of rotatable bonds is 8. The third-order valence-electron chi connectivity index (χ3n) is 5.59. The van der Waals surface area contributed by atoms with Crippen LogP contribution >= 0.6 is 23.1 Å².